The molecule has 0 unspecified atom stereocenters. The molecule has 104 valence electrons. The van der Waals surface area contributed by atoms with Gasteiger partial charge in [0.1, 0.15) is 0 Å². The van der Waals surface area contributed by atoms with Crippen molar-refractivity contribution in [3.8, 4) is 0 Å². The van der Waals surface area contributed by atoms with E-state index in [0.29, 0.717) is 6.42 Å². The van der Waals surface area contributed by atoms with Gasteiger partial charge in [0, 0.05) is 4.90 Å². The van der Waals surface area contributed by atoms with Crippen LogP contribution in [0.15, 0.2) is 35.2 Å². The standard InChI is InChI=1S/C14H18O4S/c1-3-11(12(15)13(16)18-4-2)14(17)19-10-8-6-5-7-9-10/h5-9,11-12,15H,3-4H2,1-2H3/t11-,12-/m1/s1. The number of esters is 1. The molecule has 1 aromatic rings. The third-order valence-electron chi connectivity index (χ3n) is 2.61. The van der Waals surface area contributed by atoms with Gasteiger partial charge >= 0.3 is 5.97 Å². The Kier molecular flexibility index (Phi) is 6.59. The molecule has 0 aromatic heterocycles. The van der Waals surface area contributed by atoms with E-state index in [2.05, 4.69) is 0 Å². The van der Waals surface area contributed by atoms with E-state index in [1.807, 2.05) is 30.3 Å². The summed E-state index contributed by atoms with van der Waals surface area (Å²) in [7, 11) is 0. The molecule has 1 rings (SSSR count). The van der Waals surface area contributed by atoms with Crippen molar-refractivity contribution < 1.29 is 19.4 Å². The maximum Gasteiger partial charge on any atom is 0.335 e. The first-order valence-electron chi connectivity index (χ1n) is 6.21. The van der Waals surface area contributed by atoms with Gasteiger partial charge in [-0.05, 0) is 25.5 Å². The van der Waals surface area contributed by atoms with E-state index in [9.17, 15) is 14.7 Å². The Bertz CT molecular complexity index is 419. The second kappa shape index (κ2) is 7.96. The summed E-state index contributed by atoms with van der Waals surface area (Å²) in [6.07, 6.45) is -1.01. The van der Waals surface area contributed by atoms with Crippen LogP contribution in [-0.4, -0.2) is 28.9 Å². The molecule has 0 saturated heterocycles. The van der Waals surface area contributed by atoms with E-state index in [-0.39, 0.29) is 11.7 Å². The maximum absolute atomic E-state index is 12.1. The fourth-order valence-electron chi connectivity index (χ4n) is 1.59. The average molecular weight is 282 g/mol. The lowest BCUT2D eigenvalue weighted by molar-refractivity contribution is -0.157. The van der Waals surface area contributed by atoms with Crippen molar-refractivity contribution in [3.63, 3.8) is 0 Å². The quantitative estimate of drug-likeness (QED) is 0.640. The first-order chi connectivity index (χ1) is 9.10. The molecule has 0 heterocycles. The third kappa shape index (κ3) is 4.69. The van der Waals surface area contributed by atoms with Crippen LogP contribution in [0.4, 0.5) is 0 Å². The average Bonchev–Trinajstić information content (AvgIpc) is 2.40. The molecule has 0 saturated carbocycles. The predicted molar refractivity (Wildman–Crippen MR) is 73.7 cm³/mol. The molecule has 5 heteroatoms. The van der Waals surface area contributed by atoms with Crippen LogP contribution in [0, 0.1) is 5.92 Å². The van der Waals surface area contributed by atoms with Gasteiger partial charge < -0.3 is 9.84 Å². The van der Waals surface area contributed by atoms with E-state index in [1.54, 1.807) is 13.8 Å². The molecular weight excluding hydrogens is 264 g/mol. The van der Waals surface area contributed by atoms with Gasteiger partial charge in [0.25, 0.3) is 0 Å². The number of aliphatic hydroxyl groups excluding tert-OH is 1. The highest BCUT2D eigenvalue weighted by molar-refractivity contribution is 8.13. The van der Waals surface area contributed by atoms with Crippen molar-refractivity contribution >= 4 is 22.8 Å². The zero-order valence-corrected chi connectivity index (χ0v) is 11.9. The topological polar surface area (TPSA) is 63.6 Å². The van der Waals surface area contributed by atoms with Gasteiger partial charge in [-0.1, -0.05) is 36.9 Å². The lowest BCUT2D eigenvalue weighted by Crippen LogP contribution is -2.34. The number of hydrogen-bond donors (Lipinski definition) is 1. The lowest BCUT2D eigenvalue weighted by Gasteiger charge is -2.18. The van der Waals surface area contributed by atoms with E-state index < -0.39 is 18.0 Å². The smallest absolute Gasteiger partial charge is 0.335 e. The summed E-state index contributed by atoms with van der Waals surface area (Å²) in [5, 5.41) is 9.62. The molecule has 0 aliphatic carbocycles. The fourth-order valence-corrected chi connectivity index (χ4v) is 2.56. The minimum absolute atomic E-state index is 0.187. The molecular formula is C14H18O4S. The predicted octanol–water partition coefficient (Wildman–Crippen LogP) is 2.26. The molecule has 0 amide bonds. The Morgan fingerprint density at radius 1 is 1.26 bits per heavy atom. The summed E-state index contributed by atoms with van der Waals surface area (Å²) in [6.45, 7) is 3.61. The van der Waals surface area contributed by atoms with Crippen molar-refractivity contribution in [1.82, 2.24) is 0 Å². The van der Waals surface area contributed by atoms with Crippen LogP contribution in [0.3, 0.4) is 0 Å². The van der Waals surface area contributed by atoms with Gasteiger partial charge in [-0.25, -0.2) is 4.79 Å². The van der Waals surface area contributed by atoms with Crippen LogP contribution < -0.4 is 0 Å². The van der Waals surface area contributed by atoms with Crippen molar-refractivity contribution in [2.75, 3.05) is 6.61 Å². The summed E-state index contributed by atoms with van der Waals surface area (Å²) >= 11 is 1.03. The number of thioether (sulfide) groups is 1. The van der Waals surface area contributed by atoms with Crippen molar-refractivity contribution in [2.24, 2.45) is 5.92 Å². The number of benzene rings is 1. The maximum atomic E-state index is 12.1. The zero-order chi connectivity index (χ0) is 14.3. The highest BCUT2D eigenvalue weighted by Gasteiger charge is 2.32. The van der Waals surface area contributed by atoms with E-state index in [1.165, 1.54) is 0 Å². The van der Waals surface area contributed by atoms with Gasteiger partial charge in [-0.3, -0.25) is 4.79 Å². The number of carbonyl (C=O) groups excluding carboxylic acids is 2. The van der Waals surface area contributed by atoms with Crippen LogP contribution in [0.5, 0.6) is 0 Å². The van der Waals surface area contributed by atoms with E-state index >= 15 is 0 Å². The Labute approximate surface area is 117 Å². The van der Waals surface area contributed by atoms with Crippen LogP contribution in [0.25, 0.3) is 0 Å². The molecule has 0 radical (unpaired) electrons. The number of ether oxygens (including phenoxy) is 1. The Balaban J connectivity index is 2.69. The second-order valence-electron chi connectivity index (χ2n) is 3.95. The van der Waals surface area contributed by atoms with Crippen LogP contribution in [-0.2, 0) is 14.3 Å². The van der Waals surface area contributed by atoms with Crippen LogP contribution >= 0.6 is 11.8 Å². The Morgan fingerprint density at radius 3 is 2.42 bits per heavy atom. The summed E-state index contributed by atoms with van der Waals surface area (Å²) in [5.41, 5.74) is 0. The molecule has 0 aliphatic heterocycles. The fraction of sp³-hybridized carbons (Fsp3) is 0.429. The van der Waals surface area contributed by atoms with Gasteiger partial charge in [-0.2, -0.15) is 0 Å². The van der Waals surface area contributed by atoms with Crippen molar-refractivity contribution in [1.29, 1.82) is 0 Å². The van der Waals surface area contributed by atoms with E-state index in [4.69, 9.17) is 4.74 Å². The molecule has 4 nitrogen and oxygen atoms in total. The monoisotopic (exact) mass is 282 g/mol. The number of carbonyl (C=O) groups is 2. The molecule has 1 N–H and O–H groups in total. The highest BCUT2D eigenvalue weighted by atomic mass is 32.2. The van der Waals surface area contributed by atoms with Gasteiger partial charge in [0.05, 0.1) is 12.5 Å². The molecule has 2 atom stereocenters. The summed E-state index contributed by atoms with van der Waals surface area (Å²) in [5.74, 6) is -1.49. The molecule has 0 aliphatic rings. The number of rotatable bonds is 6. The number of hydrogen-bond acceptors (Lipinski definition) is 5. The molecule has 1 aromatic carbocycles. The first-order valence-corrected chi connectivity index (χ1v) is 7.03. The molecule has 0 spiro atoms. The van der Waals surface area contributed by atoms with Crippen LogP contribution in [0.2, 0.25) is 0 Å². The third-order valence-corrected chi connectivity index (χ3v) is 3.63. The Hall–Kier alpha value is -1.33. The lowest BCUT2D eigenvalue weighted by atomic mass is 10.0. The minimum Gasteiger partial charge on any atom is -0.464 e. The first kappa shape index (κ1) is 15.7. The summed E-state index contributed by atoms with van der Waals surface area (Å²) in [4.78, 5) is 24.3. The normalized spacial score (nSPS) is 13.6. The molecule has 19 heavy (non-hydrogen) atoms. The second-order valence-corrected chi connectivity index (χ2v) is 5.02. The summed E-state index contributed by atoms with van der Waals surface area (Å²) in [6, 6.07) is 9.15. The zero-order valence-electron chi connectivity index (χ0n) is 11.0. The molecule has 0 bridgehead atoms. The minimum atomic E-state index is -1.39. The van der Waals surface area contributed by atoms with Gasteiger partial charge in [-0.15, -0.1) is 0 Å². The molecule has 0 fully saturated rings. The summed E-state index contributed by atoms with van der Waals surface area (Å²) < 4.78 is 4.74. The van der Waals surface area contributed by atoms with Crippen molar-refractivity contribution in [2.45, 2.75) is 31.3 Å². The Morgan fingerprint density at radius 2 is 1.89 bits per heavy atom. The SMILES string of the molecule is CCOC(=O)[C@H](O)[C@@H](CC)C(=O)Sc1ccccc1. The van der Waals surface area contributed by atoms with Gasteiger partial charge in [0.2, 0.25) is 0 Å². The number of aliphatic hydroxyl groups is 1. The van der Waals surface area contributed by atoms with Crippen LogP contribution in [0.1, 0.15) is 20.3 Å². The highest BCUT2D eigenvalue weighted by Crippen LogP contribution is 2.25. The van der Waals surface area contributed by atoms with Gasteiger partial charge in [0.15, 0.2) is 11.2 Å². The van der Waals surface area contributed by atoms with E-state index in [0.717, 1.165) is 16.7 Å². The largest absolute Gasteiger partial charge is 0.464 e. The van der Waals surface area contributed by atoms with Crippen molar-refractivity contribution in [3.05, 3.63) is 30.3 Å².